The van der Waals surface area contributed by atoms with Crippen molar-refractivity contribution in [2.75, 3.05) is 12.5 Å². The molecule has 0 aromatic rings. The van der Waals surface area contributed by atoms with Crippen LogP contribution in [0.2, 0.25) is 0 Å². The minimum atomic E-state index is -4.27. The molecule has 0 fully saturated rings. The van der Waals surface area contributed by atoms with Gasteiger partial charge in [0.2, 0.25) is 0 Å². The fourth-order valence-corrected chi connectivity index (χ4v) is 0.667. The van der Waals surface area contributed by atoms with Gasteiger partial charge in [-0.1, -0.05) is 0 Å². The molecule has 0 aromatic carbocycles. The van der Waals surface area contributed by atoms with E-state index in [1.807, 2.05) is 0 Å². The minimum absolute atomic E-state index is 0. The molecule has 4 nitrogen and oxygen atoms in total. The van der Waals surface area contributed by atoms with Gasteiger partial charge in [-0.2, -0.15) is 0 Å². The van der Waals surface area contributed by atoms with Gasteiger partial charge in [-0.05, 0) is 0 Å². The summed E-state index contributed by atoms with van der Waals surface area (Å²) in [6.45, 7) is -0.119. The Morgan fingerprint density at radius 2 is 1.80 bits per heavy atom. The van der Waals surface area contributed by atoms with Gasteiger partial charge in [-0.25, -0.2) is 4.57 Å². The van der Waals surface area contributed by atoms with Crippen LogP contribution in [0.15, 0.2) is 0 Å². The Hall–Kier alpha value is 0.980. The summed E-state index contributed by atoms with van der Waals surface area (Å²) in [5, 5.41) is 0. The Morgan fingerprint density at radius 1 is 1.40 bits per heavy atom. The summed E-state index contributed by atoms with van der Waals surface area (Å²) in [5.74, 6) is 0.0884. The predicted octanol–water partition coefficient (Wildman–Crippen LogP) is -5.66. The Balaban J connectivity index is -0.000000245. The third-order valence-corrected chi connectivity index (χ3v) is 1.01. The molecule has 0 aliphatic heterocycles. The van der Waals surface area contributed by atoms with E-state index in [0.29, 0.717) is 0 Å². The summed E-state index contributed by atoms with van der Waals surface area (Å²) in [6, 6.07) is 0. The van der Waals surface area contributed by atoms with Crippen LogP contribution in [0, 0.1) is 0 Å². The highest BCUT2D eigenvalue weighted by atomic mass is 35.5. The number of hydrogen-bond acceptors (Lipinski definition) is 2. The molecule has 0 spiro atoms. The third-order valence-electron chi connectivity index (χ3n) is 0.337. The molecule has 66 valence electrons. The van der Waals surface area contributed by atoms with Crippen LogP contribution in [0.5, 0.6) is 0 Å². The second-order valence-corrected chi connectivity index (χ2v) is 2.63. The van der Waals surface area contributed by atoms with Crippen LogP contribution in [-0.2, 0) is 9.09 Å². The summed E-state index contributed by atoms with van der Waals surface area (Å²) < 4.78 is 13.7. The van der Waals surface area contributed by atoms with E-state index in [-0.39, 0.29) is 37.3 Å². The molecule has 0 rings (SSSR count). The molecule has 0 radical (unpaired) electrons. The molecule has 0 amide bonds. The van der Waals surface area contributed by atoms with Gasteiger partial charge in [0.15, 0.2) is 0 Å². The molecule has 0 saturated heterocycles. The van der Waals surface area contributed by atoms with Crippen LogP contribution in [-0.4, -0.2) is 22.3 Å². The van der Waals surface area contributed by atoms with Crippen molar-refractivity contribution in [3.63, 3.8) is 0 Å². The standard InChI is InChI=1S/C2H6ClO4P.2ClH/c3-1-2-7-8(4,5)6;;/h1-2H2,(H2,4,5,6);2*1H/p-2. The Kier molecular flexibility index (Phi) is 13.9. The van der Waals surface area contributed by atoms with Crippen molar-refractivity contribution in [3.8, 4) is 0 Å². The van der Waals surface area contributed by atoms with Crippen molar-refractivity contribution >= 4 is 19.4 Å². The fraction of sp³-hybridized carbons (Fsp3) is 1.00. The first-order valence-electron chi connectivity index (χ1n) is 1.82. The lowest BCUT2D eigenvalue weighted by Crippen LogP contribution is -3.00. The number of halogens is 3. The van der Waals surface area contributed by atoms with Gasteiger partial charge in [-0.3, -0.25) is 4.52 Å². The Bertz CT molecular complexity index is 103. The molecule has 0 bridgehead atoms. The highest BCUT2D eigenvalue weighted by Gasteiger charge is 2.11. The average Bonchev–Trinajstić information content (AvgIpc) is 1.59. The van der Waals surface area contributed by atoms with Crippen molar-refractivity contribution in [1.82, 2.24) is 0 Å². The maximum absolute atomic E-state index is 9.80. The van der Waals surface area contributed by atoms with E-state index < -0.39 is 7.82 Å². The van der Waals surface area contributed by atoms with Crippen LogP contribution in [0.4, 0.5) is 0 Å². The van der Waals surface area contributed by atoms with E-state index >= 15 is 0 Å². The van der Waals surface area contributed by atoms with E-state index in [9.17, 15) is 4.57 Å². The highest BCUT2D eigenvalue weighted by Crippen LogP contribution is 2.35. The molecule has 0 heterocycles. The summed E-state index contributed by atoms with van der Waals surface area (Å²) in [6.07, 6.45) is 0. The zero-order valence-electron chi connectivity index (χ0n) is 4.71. The van der Waals surface area contributed by atoms with Crippen molar-refractivity contribution in [1.29, 1.82) is 0 Å². The summed E-state index contributed by atoms with van der Waals surface area (Å²) in [5.41, 5.74) is 0. The number of rotatable bonds is 3. The van der Waals surface area contributed by atoms with Gasteiger partial charge in [0.05, 0.1) is 6.61 Å². The number of hydrogen-bond donors (Lipinski definition) is 2. The number of phosphoric ester groups is 1. The molecule has 8 heteroatoms. The molecule has 0 aliphatic rings. The molecule has 0 unspecified atom stereocenters. The van der Waals surface area contributed by atoms with Crippen molar-refractivity contribution in [3.05, 3.63) is 0 Å². The lowest BCUT2D eigenvalue weighted by atomic mass is 10.9. The summed E-state index contributed by atoms with van der Waals surface area (Å²) in [4.78, 5) is 16.0. The molecule has 0 aromatic heterocycles. The van der Waals surface area contributed by atoms with Gasteiger partial charge in [0.25, 0.3) is 0 Å². The largest absolute Gasteiger partial charge is 1.00 e. The van der Waals surface area contributed by atoms with E-state index in [1.165, 1.54) is 0 Å². The molecule has 2 N–H and O–H groups in total. The minimum Gasteiger partial charge on any atom is -1.00 e. The van der Waals surface area contributed by atoms with E-state index in [0.717, 1.165) is 0 Å². The van der Waals surface area contributed by atoms with Crippen LogP contribution in [0.1, 0.15) is 0 Å². The van der Waals surface area contributed by atoms with Gasteiger partial charge in [0.1, 0.15) is 0 Å². The first-order chi connectivity index (χ1) is 3.56. The van der Waals surface area contributed by atoms with Crippen molar-refractivity contribution < 1.29 is 43.7 Å². The van der Waals surface area contributed by atoms with Gasteiger partial charge in [-0.15, -0.1) is 11.6 Å². The Morgan fingerprint density at radius 3 is 1.90 bits per heavy atom. The highest BCUT2D eigenvalue weighted by molar-refractivity contribution is 7.46. The quantitative estimate of drug-likeness (QED) is 0.375. The normalized spacial score (nSPS) is 9.50. The van der Waals surface area contributed by atoms with Crippen molar-refractivity contribution in [2.24, 2.45) is 0 Å². The second-order valence-electron chi connectivity index (χ2n) is 1.01. The zero-order valence-corrected chi connectivity index (χ0v) is 7.87. The van der Waals surface area contributed by atoms with Crippen molar-refractivity contribution in [2.45, 2.75) is 0 Å². The van der Waals surface area contributed by atoms with E-state index in [2.05, 4.69) is 4.52 Å². The summed E-state index contributed by atoms with van der Waals surface area (Å²) >= 11 is 5.04. The van der Waals surface area contributed by atoms with Crippen LogP contribution in [0.25, 0.3) is 0 Å². The first kappa shape index (κ1) is 17.2. The van der Waals surface area contributed by atoms with Crippen LogP contribution in [0.3, 0.4) is 0 Å². The lowest BCUT2D eigenvalue weighted by Gasteiger charge is -1.99. The van der Waals surface area contributed by atoms with Crippen LogP contribution >= 0.6 is 19.4 Å². The van der Waals surface area contributed by atoms with Gasteiger partial charge < -0.3 is 34.6 Å². The van der Waals surface area contributed by atoms with Gasteiger partial charge >= 0.3 is 7.82 Å². The van der Waals surface area contributed by atoms with Gasteiger partial charge in [0, 0.05) is 5.88 Å². The third kappa shape index (κ3) is 16.0. The monoisotopic (exact) mass is 230 g/mol. The maximum Gasteiger partial charge on any atom is 0.469 e. The fourth-order valence-electron chi connectivity index (χ4n) is 0.153. The topological polar surface area (TPSA) is 66.8 Å². The molecule has 0 aliphatic carbocycles. The van der Waals surface area contributed by atoms with E-state index in [1.54, 1.807) is 0 Å². The predicted molar refractivity (Wildman–Crippen MR) is 28.7 cm³/mol. The molecule has 0 saturated carbocycles. The smallest absolute Gasteiger partial charge is 0.469 e. The number of phosphoric acid groups is 1. The first-order valence-corrected chi connectivity index (χ1v) is 3.89. The molecular formula is C2H6Cl3O4P-2. The second kappa shape index (κ2) is 8.08. The Labute approximate surface area is 76.0 Å². The molecule has 0 atom stereocenters. The average molecular weight is 231 g/mol. The maximum atomic E-state index is 9.80. The number of alkyl halides is 1. The molecular weight excluding hydrogens is 225 g/mol. The zero-order chi connectivity index (χ0) is 6.62. The SMILES string of the molecule is O=P(O)(O)OCCCl.[Cl-].[Cl-]. The lowest BCUT2D eigenvalue weighted by molar-refractivity contribution is -0.00100. The van der Waals surface area contributed by atoms with Crippen LogP contribution < -0.4 is 24.8 Å². The summed E-state index contributed by atoms with van der Waals surface area (Å²) in [7, 11) is -4.27. The van der Waals surface area contributed by atoms with E-state index in [4.69, 9.17) is 21.4 Å². The molecule has 10 heavy (non-hydrogen) atoms.